The van der Waals surface area contributed by atoms with Crippen LogP contribution in [-0.4, -0.2) is 19.8 Å². The predicted octanol–water partition coefficient (Wildman–Crippen LogP) is 4.54. The Hall–Kier alpha value is -0.250. The topological polar surface area (TPSA) is 18.5 Å². The van der Waals surface area contributed by atoms with E-state index in [9.17, 15) is 0 Å². The van der Waals surface area contributed by atoms with Crippen molar-refractivity contribution in [2.45, 2.75) is 20.3 Å². The van der Waals surface area contributed by atoms with Crippen molar-refractivity contribution in [3.05, 3.63) is 27.7 Å². The quantitative estimate of drug-likeness (QED) is 0.686. The largest absolute Gasteiger partial charge is 0.490 e. The smallest absolute Gasteiger partial charge is 0.139 e. The van der Waals surface area contributed by atoms with Crippen LogP contribution in [0.5, 0.6) is 5.75 Å². The molecule has 0 amide bonds. The van der Waals surface area contributed by atoms with E-state index in [4.69, 9.17) is 21.1 Å². The standard InChI is InChI=1S/C13H18BrClO2/c1-10(2)5-6-16-7-8-17-13-9-11(14)3-4-12(13)15/h3-4,9-10H,5-8H2,1-2H3. The van der Waals surface area contributed by atoms with Gasteiger partial charge in [0.25, 0.3) is 0 Å². The molecule has 0 aromatic heterocycles. The highest BCUT2D eigenvalue weighted by Gasteiger charge is 2.02. The van der Waals surface area contributed by atoms with Crippen LogP contribution in [0.1, 0.15) is 20.3 Å². The Labute approximate surface area is 116 Å². The molecule has 0 heterocycles. The molecule has 0 saturated carbocycles. The summed E-state index contributed by atoms with van der Waals surface area (Å²) in [7, 11) is 0. The molecule has 2 nitrogen and oxygen atoms in total. The number of hydrogen-bond donors (Lipinski definition) is 0. The van der Waals surface area contributed by atoms with E-state index < -0.39 is 0 Å². The minimum atomic E-state index is 0.522. The molecule has 0 aliphatic carbocycles. The molecule has 1 rings (SSSR count). The van der Waals surface area contributed by atoms with E-state index in [-0.39, 0.29) is 0 Å². The monoisotopic (exact) mass is 320 g/mol. The van der Waals surface area contributed by atoms with Crippen LogP contribution >= 0.6 is 27.5 Å². The van der Waals surface area contributed by atoms with Crippen LogP contribution in [0, 0.1) is 5.92 Å². The third kappa shape index (κ3) is 6.29. The Balaban J connectivity index is 2.20. The van der Waals surface area contributed by atoms with Gasteiger partial charge in [-0.1, -0.05) is 41.4 Å². The van der Waals surface area contributed by atoms with E-state index in [0.29, 0.717) is 29.9 Å². The molecule has 0 spiro atoms. The van der Waals surface area contributed by atoms with E-state index in [0.717, 1.165) is 17.5 Å². The van der Waals surface area contributed by atoms with Crippen LogP contribution in [0.4, 0.5) is 0 Å². The summed E-state index contributed by atoms with van der Waals surface area (Å²) in [5.41, 5.74) is 0. The maximum absolute atomic E-state index is 5.99. The van der Waals surface area contributed by atoms with Gasteiger partial charge in [-0.15, -0.1) is 0 Å². The van der Waals surface area contributed by atoms with E-state index in [2.05, 4.69) is 29.8 Å². The lowest BCUT2D eigenvalue weighted by molar-refractivity contribution is 0.0926. The third-order valence-corrected chi connectivity index (χ3v) is 3.02. The second kappa shape index (κ2) is 7.96. The van der Waals surface area contributed by atoms with Crippen LogP contribution in [0.15, 0.2) is 22.7 Å². The molecular formula is C13H18BrClO2. The molecule has 0 bridgehead atoms. The Bertz CT molecular complexity index is 342. The molecule has 0 saturated heterocycles. The second-order valence-corrected chi connectivity index (χ2v) is 5.54. The highest BCUT2D eigenvalue weighted by atomic mass is 79.9. The van der Waals surface area contributed by atoms with Gasteiger partial charge in [-0.2, -0.15) is 0 Å². The minimum Gasteiger partial charge on any atom is -0.490 e. The van der Waals surface area contributed by atoms with E-state index in [1.165, 1.54) is 0 Å². The van der Waals surface area contributed by atoms with Crippen LogP contribution in [-0.2, 0) is 4.74 Å². The molecular weight excluding hydrogens is 303 g/mol. The Morgan fingerprint density at radius 1 is 1.24 bits per heavy atom. The van der Waals surface area contributed by atoms with Gasteiger partial charge in [-0.25, -0.2) is 0 Å². The fraction of sp³-hybridized carbons (Fsp3) is 0.538. The Morgan fingerprint density at radius 3 is 2.71 bits per heavy atom. The summed E-state index contributed by atoms with van der Waals surface area (Å²) in [6, 6.07) is 5.55. The number of benzene rings is 1. The van der Waals surface area contributed by atoms with Crippen molar-refractivity contribution >= 4 is 27.5 Å². The zero-order valence-corrected chi connectivity index (χ0v) is 12.6. The minimum absolute atomic E-state index is 0.522. The van der Waals surface area contributed by atoms with Gasteiger partial charge in [0.1, 0.15) is 12.4 Å². The average Bonchev–Trinajstić information content (AvgIpc) is 2.27. The molecule has 0 radical (unpaired) electrons. The Kier molecular flexibility index (Phi) is 6.93. The number of halogens is 2. The van der Waals surface area contributed by atoms with Crippen molar-refractivity contribution < 1.29 is 9.47 Å². The van der Waals surface area contributed by atoms with Crippen molar-refractivity contribution in [3.8, 4) is 5.75 Å². The SMILES string of the molecule is CC(C)CCOCCOc1cc(Br)ccc1Cl. The first-order valence-corrected chi connectivity index (χ1v) is 6.92. The van der Waals surface area contributed by atoms with Crippen molar-refractivity contribution in [1.29, 1.82) is 0 Å². The lowest BCUT2D eigenvalue weighted by Crippen LogP contribution is -2.08. The number of ether oxygens (including phenoxy) is 2. The van der Waals surface area contributed by atoms with E-state index >= 15 is 0 Å². The lowest BCUT2D eigenvalue weighted by atomic mass is 10.1. The van der Waals surface area contributed by atoms with Crippen molar-refractivity contribution in [2.24, 2.45) is 5.92 Å². The van der Waals surface area contributed by atoms with Crippen LogP contribution in [0.25, 0.3) is 0 Å². The number of rotatable bonds is 7. The molecule has 0 fully saturated rings. The van der Waals surface area contributed by atoms with Gasteiger partial charge in [0.15, 0.2) is 0 Å². The zero-order valence-electron chi connectivity index (χ0n) is 10.2. The first kappa shape index (κ1) is 14.8. The van der Waals surface area contributed by atoms with Gasteiger partial charge < -0.3 is 9.47 Å². The molecule has 96 valence electrons. The van der Waals surface area contributed by atoms with Gasteiger partial charge in [-0.3, -0.25) is 0 Å². The summed E-state index contributed by atoms with van der Waals surface area (Å²) >= 11 is 9.37. The van der Waals surface area contributed by atoms with E-state index in [1.54, 1.807) is 6.07 Å². The molecule has 4 heteroatoms. The first-order chi connectivity index (χ1) is 8.09. The molecule has 0 atom stereocenters. The molecule has 1 aromatic rings. The van der Waals surface area contributed by atoms with E-state index in [1.807, 2.05) is 12.1 Å². The summed E-state index contributed by atoms with van der Waals surface area (Å²) in [6.45, 7) is 6.26. The third-order valence-electron chi connectivity index (χ3n) is 2.22. The summed E-state index contributed by atoms with van der Waals surface area (Å²) in [5.74, 6) is 1.36. The molecule has 1 aromatic carbocycles. The van der Waals surface area contributed by atoms with Crippen LogP contribution in [0.3, 0.4) is 0 Å². The molecule has 0 unspecified atom stereocenters. The lowest BCUT2D eigenvalue weighted by Gasteiger charge is -2.09. The molecule has 0 aliphatic rings. The first-order valence-electron chi connectivity index (χ1n) is 5.75. The average molecular weight is 322 g/mol. The van der Waals surface area contributed by atoms with Crippen molar-refractivity contribution in [3.63, 3.8) is 0 Å². The fourth-order valence-electron chi connectivity index (χ4n) is 1.22. The zero-order chi connectivity index (χ0) is 12.7. The summed E-state index contributed by atoms with van der Waals surface area (Å²) in [4.78, 5) is 0. The fourth-order valence-corrected chi connectivity index (χ4v) is 1.73. The summed E-state index contributed by atoms with van der Waals surface area (Å²) in [5, 5.41) is 0.621. The van der Waals surface area contributed by atoms with Gasteiger partial charge in [-0.05, 0) is 30.5 Å². The maximum Gasteiger partial charge on any atom is 0.139 e. The summed E-state index contributed by atoms with van der Waals surface area (Å²) in [6.07, 6.45) is 1.08. The van der Waals surface area contributed by atoms with Gasteiger partial charge >= 0.3 is 0 Å². The Morgan fingerprint density at radius 2 is 2.00 bits per heavy atom. The molecule has 0 N–H and O–H groups in total. The summed E-state index contributed by atoms with van der Waals surface area (Å²) < 4.78 is 12.0. The predicted molar refractivity (Wildman–Crippen MR) is 74.9 cm³/mol. The highest BCUT2D eigenvalue weighted by molar-refractivity contribution is 9.10. The van der Waals surface area contributed by atoms with Crippen molar-refractivity contribution in [1.82, 2.24) is 0 Å². The second-order valence-electron chi connectivity index (χ2n) is 4.22. The highest BCUT2D eigenvalue weighted by Crippen LogP contribution is 2.27. The van der Waals surface area contributed by atoms with Crippen LogP contribution in [0.2, 0.25) is 5.02 Å². The maximum atomic E-state index is 5.99. The van der Waals surface area contributed by atoms with Crippen molar-refractivity contribution in [2.75, 3.05) is 19.8 Å². The van der Waals surface area contributed by atoms with Gasteiger partial charge in [0.2, 0.25) is 0 Å². The number of hydrogen-bond acceptors (Lipinski definition) is 2. The van der Waals surface area contributed by atoms with Gasteiger partial charge in [0.05, 0.1) is 11.6 Å². The van der Waals surface area contributed by atoms with Gasteiger partial charge in [0, 0.05) is 11.1 Å². The molecule has 0 aliphatic heterocycles. The molecule has 17 heavy (non-hydrogen) atoms. The van der Waals surface area contributed by atoms with Crippen LogP contribution < -0.4 is 4.74 Å². The normalized spacial score (nSPS) is 10.9.